The van der Waals surface area contributed by atoms with E-state index in [0.717, 1.165) is 24.9 Å². The summed E-state index contributed by atoms with van der Waals surface area (Å²) in [6.45, 7) is 3.33. The van der Waals surface area contributed by atoms with E-state index in [1.54, 1.807) is 12.3 Å². The summed E-state index contributed by atoms with van der Waals surface area (Å²) >= 11 is 6.05. The molecule has 0 saturated heterocycles. The monoisotopic (exact) mass is 318 g/mol. The van der Waals surface area contributed by atoms with Gasteiger partial charge in [0.25, 0.3) is 5.91 Å². The van der Waals surface area contributed by atoms with Gasteiger partial charge in [0.05, 0.1) is 12.4 Å². The Balaban J connectivity index is 1.88. The van der Waals surface area contributed by atoms with Crippen molar-refractivity contribution in [2.75, 3.05) is 11.9 Å². The third kappa shape index (κ3) is 4.70. The molecule has 2 rings (SSSR count). The molecule has 0 aliphatic heterocycles. The van der Waals surface area contributed by atoms with Crippen LogP contribution < -0.4 is 10.6 Å². The van der Waals surface area contributed by atoms with Crippen LogP contribution >= 0.6 is 11.6 Å². The maximum atomic E-state index is 12.0. The molecule has 0 aliphatic carbocycles. The normalized spacial score (nSPS) is 10.3. The van der Waals surface area contributed by atoms with Crippen LogP contribution in [0.15, 0.2) is 36.7 Å². The average Bonchev–Trinajstić information content (AvgIpc) is 2.55. The zero-order valence-corrected chi connectivity index (χ0v) is 13.2. The van der Waals surface area contributed by atoms with Crippen LogP contribution in [0.25, 0.3) is 0 Å². The van der Waals surface area contributed by atoms with Crippen molar-refractivity contribution in [3.63, 3.8) is 0 Å². The van der Waals surface area contributed by atoms with Gasteiger partial charge in [0, 0.05) is 18.1 Å². The second kappa shape index (κ2) is 8.34. The van der Waals surface area contributed by atoms with E-state index in [1.165, 1.54) is 6.20 Å². The molecule has 0 spiro atoms. The van der Waals surface area contributed by atoms with Gasteiger partial charge in [0.2, 0.25) is 0 Å². The highest BCUT2D eigenvalue weighted by Gasteiger charge is 2.08. The van der Waals surface area contributed by atoms with E-state index in [-0.39, 0.29) is 11.6 Å². The molecule has 2 aromatic rings. The molecule has 0 saturated carbocycles. The maximum absolute atomic E-state index is 12.0. The van der Waals surface area contributed by atoms with Crippen LogP contribution in [0.5, 0.6) is 0 Å². The summed E-state index contributed by atoms with van der Waals surface area (Å²) < 4.78 is 0. The number of rotatable bonds is 7. The fraction of sp³-hybridized carbons (Fsp3) is 0.312. The lowest BCUT2D eigenvalue weighted by atomic mass is 10.2. The van der Waals surface area contributed by atoms with Gasteiger partial charge < -0.3 is 10.6 Å². The van der Waals surface area contributed by atoms with E-state index in [9.17, 15) is 4.79 Å². The molecule has 6 heteroatoms. The Morgan fingerprint density at radius 2 is 2.05 bits per heavy atom. The van der Waals surface area contributed by atoms with Crippen LogP contribution in [0.1, 0.15) is 35.8 Å². The molecule has 0 fully saturated rings. The summed E-state index contributed by atoms with van der Waals surface area (Å²) in [6, 6.07) is 7.39. The average molecular weight is 319 g/mol. The van der Waals surface area contributed by atoms with Crippen LogP contribution in [0, 0.1) is 0 Å². The maximum Gasteiger partial charge on any atom is 0.271 e. The first-order chi connectivity index (χ1) is 10.7. The van der Waals surface area contributed by atoms with Crippen LogP contribution in [-0.4, -0.2) is 22.4 Å². The number of nitrogens with one attached hydrogen (secondary N) is 2. The lowest BCUT2D eigenvalue weighted by Gasteiger charge is -2.07. The molecule has 0 bridgehead atoms. The summed E-state index contributed by atoms with van der Waals surface area (Å²) in [6.07, 6.45) is 5.22. The SMILES string of the molecule is CCCCNc1cnc(C(=O)NCc2ccccc2Cl)cn1. The molecule has 5 nitrogen and oxygen atoms in total. The number of unbranched alkanes of at least 4 members (excludes halogenated alkanes) is 1. The summed E-state index contributed by atoms with van der Waals surface area (Å²) in [5.74, 6) is 0.406. The van der Waals surface area contributed by atoms with Gasteiger partial charge in [-0.2, -0.15) is 0 Å². The quantitative estimate of drug-likeness (QED) is 0.769. The van der Waals surface area contributed by atoms with Crippen molar-refractivity contribution in [3.8, 4) is 0 Å². The number of carbonyl (C=O) groups is 1. The predicted molar refractivity (Wildman–Crippen MR) is 88.1 cm³/mol. The molecule has 1 amide bonds. The van der Waals surface area contributed by atoms with Crippen LogP contribution in [0.3, 0.4) is 0 Å². The summed E-state index contributed by atoms with van der Waals surface area (Å²) in [5, 5.41) is 6.56. The Kier molecular flexibility index (Phi) is 6.15. The highest BCUT2D eigenvalue weighted by Crippen LogP contribution is 2.14. The van der Waals surface area contributed by atoms with Gasteiger partial charge in [0.15, 0.2) is 0 Å². The molecule has 0 radical (unpaired) electrons. The highest BCUT2D eigenvalue weighted by atomic mass is 35.5. The standard InChI is InChI=1S/C16H19ClN4O/c1-2-3-8-18-15-11-19-14(10-20-15)16(22)21-9-12-6-4-5-7-13(12)17/h4-7,10-11H,2-3,8-9H2,1H3,(H,18,20)(H,21,22). The van der Waals surface area contributed by atoms with Gasteiger partial charge >= 0.3 is 0 Å². The zero-order chi connectivity index (χ0) is 15.8. The highest BCUT2D eigenvalue weighted by molar-refractivity contribution is 6.31. The molecule has 0 unspecified atom stereocenters. The summed E-state index contributed by atoms with van der Waals surface area (Å²) in [5.41, 5.74) is 1.15. The van der Waals surface area contributed by atoms with E-state index in [4.69, 9.17) is 11.6 Å². The number of carbonyl (C=O) groups excluding carboxylic acids is 1. The fourth-order valence-electron chi connectivity index (χ4n) is 1.84. The zero-order valence-electron chi connectivity index (χ0n) is 12.5. The number of benzene rings is 1. The van der Waals surface area contributed by atoms with E-state index in [1.807, 2.05) is 18.2 Å². The number of nitrogens with zero attached hydrogens (tertiary/aromatic N) is 2. The lowest BCUT2D eigenvalue weighted by Crippen LogP contribution is -2.24. The first kappa shape index (κ1) is 16.2. The van der Waals surface area contributed by atoms with E-state index in [0.29, 0.717) is 17.4 Å². The van der Waals surface area contributed by atoms with Crippen molar-refractivity contribution in [1.29, 1.82) is 0 Å². The second-order valence-corrected chi connectivity index (χ2v) is 5.25. The topological polar surface area (TPSA) is 66.9 Å². The first-order valence-corrected chi connectivity index (χ1v) is 7.66. The predicted octanol–water partition coefficient (Wildman–Crippen LogP) is 3.27. The molecule has 1 aromatic carbocycles. The van der Waals surface area contributed by atoms with Gasteiger partial charge in [-0.05, 0) is 18.1 Å². The van der Waals surface area contributed by atoms with Crippen molar-refractivity contribution in [1.82, 2.24) is 15.3 Å². The Hall–Kier alpha value is -2.14. The minimum atomic E-state index is -0.271. The van der Waals surface area contributed by atoms with Crippen LogP contribution in [0.4, 0.5) is 5.82 Å². The lowest BCUT2D eigenvalue weighted by molar-refractivity contribution is 0.0945. The van der Waals surface area contributed by atoms with Crippen molar-refractivity contribution in [2.45, 2.75) is 26.3 Å². The van der Waals surface area contributed by atoms with Crippen molar-refractivity contribution in [2.24, 2.45) is 0 Å². The first-order valence-electron chi connectivity index (χ1n) is 7.28. The number of anilines is 1. The Morgan fingerprint density at radius 1 is 1.23 bits per heavy atom. The van der Waals surface area contributed by atoms with Crippen molar-refractivity contribution >= 4 is 23.3 Å². The minimum Gasteiger partial charge on any atom is -0.369 e. The molecule has 22 heavy (non-hydrogen) atoms. The number of halogens is 1. The number of hydrogen-bond donors (Lipinski definition) is 2. The molecular weight excluding hydrogens is 300 g/mol. The van der Waals surface area contributed by atoms with Crippen molar-refractivity contribution < 1.29 is 4.79 Å². The minimum absolute atomic E-state index is 0.271. The van der Waals surface area contributed by atoms with Crippen LogP contribution in [0.2, 0.25) is 5.02 Å². The largest absolute Gasteiger partial charge is 0.369 e. The molecule has 2 N–H and O–H groups in total. The second-order valence-electron chi connectivity index (χ2n) is 4.84. The molecule has 0 aliphatic rings. The van der Waals surface area contributed by atoms with Gasteiger partial charge in [-0.3, -0.25) is 4.79 Å². The number of hydrogen-bond acceptors (Lipinski definition) is 4. The molecule has 116 valence electrons. The third-order valence-corrected chi connectivity index (χ3v) is 3.49. The molecule has 1 heterocycles. The van der Waals surface area contributed by atoms with Crippen molar-refractivity contribution in [3.05, 3.63) is 52.9 Å². The van der Waals surface area contributed by atoms with Gasteiger partial charge in [-0.1, -0.05) is 43.1 Å². The number of aromatic nitrogens is 2. The van der Waals surface area contributed by atoms with E-state index in [2.05, 4.69) is 27.5 Å². The Bertz CT molecular complexity index is 616. The fourth-order valence-corrected chi connectivity index (χ4v) is 2.04. The summed E-state index contributed by atoms with van der Waals surface area (Å²) in [7, 11) is 0. The van der Waals surface area contributed by atoms with E-state index >= 15 is 0 Å². The van der Waals surface area contributed by atoms with Gasteiger partial charge in [0.1, 0.15) is 11.5 Å². The number of amides is 1. The smallest absolute Gasteiger partial charge is 0.271 e. The molecule has 0 atom stereocenters. The molecule has 1 aromatic heterocycles. The van der Waals surface area contributed by atoms with E-state index < -0.39 is 0 Å². The van der Waals surface area contributed by atoms with Gasteiger partial charge in [-0.15, -0.1) is 0 Å². The Morgan fingerprint density at radius 3 is 2.73 bits per heavy atom. The molecular formula is C16H19ClN4O. The summed E-state index contributed by atoms with van der Waals surface area (Å²) in [4.78, 5) is 20.3. The Labute approximate surface area is 135 Å². The third-order valence-electron chi connectivity index (χ3n) is 3.12. The van der Waals surface area contributed by atoms with Crippen LogP contribution in [-0.2, 0) is 6.54 Å². The van der Waals surface area contributed by atoms with Gasteiger partial charge in [-0.25, -0.2) is 9.97 Å².